The molecule has 0 spiro atoms. The molecule has 0 unspecified atom stereocenters. The molecule has 3 amide bonds. The lowest BCUT2D eigenvalue weighted by atomic mass is 10.0. The number of imide groups is 1. The van der Waals surface area contributed by atoms with Gasteiger partial charge in [-0.2, -0.15) is 0 Å². The molecule has 1 heterocycles. The number of carbonyl (C=O) groups is 2. The standard InChI is InChI=1S/C19H30N4O2/c1-14(2)17-7-5-16(6-8-17)13-22-9-11-23(12-10-22)15(3)18(24)21-19(25)20-4/h5-8,14-15H,9-13H2,1-4H3,(H2,20,21,24,25)/t15-/m1/s1. The van der Waals surface area contributed by atoms with Crippen LogP contribution in [0.4, 0.5) is 4.79 Å². The lowest BCUT2D eigenvalue weighted by Gasteiger charge is -2.37. The van der Waals surface area contributed by atoms with Gasteiger partial charge in [-0.15, -0.1) is 0 Å². The van der Waals surface area contributed by atoms with Crippen LogP contribution in [0.3, 0.4) is 0 Å². The van der Waals surface area contributed by atoms with Gasteiger partial charge in [-0.3, -0.25) is 19.9 Å². The molecule has 1 aromatic carbocycles. The van der Waals surface area contributed by atoms with Gasteiger partial charge in [0.15, 0.2) is 0 Å². The second-order valence-corrected chi connectivity index (χ2v) is 6.95. The van der Waals surface area contributed by atoms with E-state index >= 15 is 0 Å². The molecular weight excluding hydrogens is 316 g/mol. The molecule has 1 fully saturated rings. The third-order valence-electron chi connectivity index (χ3n) is 4.85. The summed E-state index contributed by atoms with van der Waals surface area (Å²) in [6, 6.07) is 8.08. The minimum Gasteiger partial charge on any atom is -0.341 e. The van der Waals surface area contributed by atoms with E-state index in [1.165, 1.54) is 18.2 Å². The van der Waals surface area contributed by atoms with Crippen molar-refractivity contribution in [3.05, 3.63) is 35.4 Å². The zero-order valence-corrected chi connectivity index (χ0v) is 15.7. The molecule has 0 saturated carbocycles. The average molecular weight is 346 g/mol. The normalized spacial score (nSPS) is 17.3. The largest absolute Gasteiger partial charge is 0.341 e. The Bertz CT molecular complexity index is 578. The van der Waals surface area contributed by atoms with E-state index in [4.69, 9.17) is 0 Å². The second kappa shape index (κ2) is 8.97. The Hall–Kier alpha value is -1.92. The summed E-state index contributed by atoms with van der Waals surface area (Å²) in [7, 11) is 1.50. The average Bonchev–Trinajstić information content (AvgIpc) is 2.62. The molecule has 6 heteroatoms. The van der Waals surface area contributed by atoms with Crippen molar-refractivity contribution >= 4 is 11.9 Å². The van der Waals surface area contributed by atoms with Gasteiger partial charge in [0.1, 0.15) is 0 Å². The van der Waals surface area contributed by atoms with Gasteiger partial charge in [0.25, 0.3) is 0 Å². The fourth-order valence-electron chi connectivity index (χ4n) is 3.02. The molecule has 1 aliphatic rings. The maximum atomic E-state index is 12.0. The SMILES string of the molecule is CNC(=O)NC(=O)[C@@H](C)N1CCN(Cc2ccc(C(C)C)cc2)CC1. The first-order valence-electron chi connectivity index (χ1n) is 8.98. The number of piperazine rings is 1. The summed E-state index contributed by atoms with van der Waals surface area (Å²) < 4.78 is 0. The van der Waals surface area contributed by atoms with E-state index in [1.807, 2.05) is 6.92 Å². The summed E-state index contributed by atoms with van der Waals surface area (Å²) in [4.78, 5) is 27.8. The van der Waals surface area contributed by atoms with Crippen molar-refractivity contribution < 1.29 is 9.59 Å². The number of hydrogen-bond acceptors (Lipinski definition) is 4. The molecule has 6 nitrogen and oxygen atoms in total. The molecule has 1 saturated heterocycles. The van der Waals surface area contributed by atoms with Gasteiger partial charge in [0.2, 0.25) is 5.91 Å². The van der Waals surface area contributed by atoms with Crippen LogP contribution in [-0.2, 0) is 11.3 Å². The van der Waals surface area contributed by atoms with E-state index in [0.717, 1.165) is 32.7 Å². The van der Waals surface area contributed by atoms with Crippen LogP contribution in [0.15, 0.2) is 24.3 Å². The van der Waals surface area contributed by atoms with Crippen molar-refractivity contribution in [2.24, 2.45) is 0 Å². The fourth-order valence-corrected chi connectivity index (χ4v) is 3.02. The molecule has 138 valence electrons. The van der Waals surface area contributed by atoms with Gasteiger partial charge in [0.05, 0.1) is 6.04 Å². The first-order chi connectivity index (χ1) is 11.9. The van der Waals surface area contributed by atoms with Crippen LogP contribution in [0.2, 0.25) is 0 Å². The maximum absolute atomic E-state index is 12.0. The zero-order chi connectivity index (χ0) is 18.4. The predicted molar refractivity (Wildman–Crippen MR) is 99.4 cm³/mol. The molecule has 1 aromatic rings. The molecule has 2 N–H and O–H groups in total. The van der Waals surface area contributed by atoms with E-state index in [1.54, 1.807) is 0 Å². The van der Waals surface area contributed by atoms with E-state index in [-0.39, 0.29) is 11.9 Å². The Morgan fingerprint density at radius 2 is 1.64 bits per heavy atom. The van der Waals surface area contributed by atoms with Gasteiger partial charge < -0.3 is 5.32 Å². The van der Waals surface area contributed by atoms with Crippen molar-refractivity contribution in [3.8, 4) is 0 Å². The van der Waals surface area contributed by atoms with Crippen LogP contribution in [0.25, 0.3) is 0 Å². The Kier molecular flexibility index (Phi) is 6.96. The summed E-state index contributed by atoms with van der Waals surface area (Å²) >= 11 is 0. The van der Waals surface area contributed by atoms with E-state index < -0.39 is 6.03 Å². The molecule has 0 aromatic heterocycles. The quantitative estimate of drug-likeness (QED) is 0.853. The van der Waals surface area contributed by atoms with Gasteiger partial charge in [-0.05, 0) is 24.0 Å². The molecular formula is C19H30N4O2. The number of amides is 3. The van der Waals surface area contributed by atoms with Crippen LogP contribution in [0, 0.1) is 0 Å². The Labute approximate surface area is 150 Å². The van der Waals surface area contributed by atoms with Crippen molar-refractivity contribution in [1.82, 2.24) is 20.4 Å². The lowest BCUT2D eigenvalue weighted by molar-refractivity contribution is -0.125. The van der Waals surface area contributed by atoms with Gasteiger partial charge in [-0.25, -0.2) is 4.79 Å². The van der Waals surface area contributed by atoms with Crippen molar-refractivity contribution in [2.45, 2.75) is 39.3 Å². The molecule has 0 radical (unpaired) electrons. The van der Waals surface area contributed by atoms with Crippen LogP contribution < -0.4 is 10.6 Å². The van der Waals surface area contributed by atoms with Gasteiger partial charge in [-0.1, -0.05) is 38.1 Å². The molecule has 0 aliphatic carbocycles. The third-order valence-corrected chi connectivity index (χ3v) is 4.85. The summed E-state index contributed by atoms with van der Waals surface area (Å²) in [6.07, 6.45) is 0. The number of benzene rings is 1. The van der Waals surface area contributed by atoms with Gasteiger partial charge >= 0.3 is 6.03 Å². The summed E-state index contributed by atoms with van der Waals surface area (Å²) in [5.41, 5.74) is 2.69. The number of urea groups is 1. The topological polar surface area (TPSA) is 64.7 Å². The van der Waals surface area contributed by atoms with E-state index in [2.05, 4.69) is 58.5 Å². The van der Waals surface area contributed by atoms with Crippen LogP contribution in [-0.4, -0.2) is 61.0 Å². The van der Waals surface area contributed by atoms with Crippen molar-refractivity contribution in [2.75, 3.05) is 33.2 Å². The van der Waals surface area contributed by atoms with Gasteiger partial charge in [0, 0.05) is 39.8 Å². The molecule has 1 atom stereocenters. The number of hydrogen-bond donors (Lipinski definition) is 2. The Morgan fingerprint density at radius 3 is 2.16 bits per heavy atom. The number of carbonyl (C=O) groups excluding carboxylic acids is 2. The Balaban J connectivity index is 1.80. The highest BCUT2D eigenvalue weighted by molar-refractivity contribution is 5.96. The van der Waals surface area contributed by atoms with Crippen LogP contribution in [0.5, 0.6) is 0 Å². The Morgan fingerprint density at radius 1 is 1.04 bits per heavy atom. The molecule has 1 aliphatic heterocycles. The molecule has 0 bridgehead atoms. The summed E-state index contributed by atoms with van der Waals surface area (Å²) in [6.45, 7) is 10.7. The second-order valence-electron chi connectivity index (χ2n) is 6.95. The fraction of sp³-hybridized carbons (Fsp3) is 0.579. The molecule has 25 heavy (non-hydrogen) atoms. The van der Waals surface area contributed by atoms with E-state index in [9.17, 15) is 9.59 Å². The highest BCUT2D eigenvalue weighted by Gasteiger charge is 2.26. The predicted octanol–water partition coefficient (Wildman–Crippen LogP) is 1.77. The zero-order valence-electron chi connectivity index (χ0n) is 15.7. The highest BCUT2D eigenvalue weighted by atomic mass is 16.2. The van der Waals surface area contributed by atoms with Crippen molar-refractivity contribution in [3.63, 3.8) is 0 Å². The summed E-state index contributed by atoms with van der Waals surface area (Å²) in [5, 5.41) is 4.75. The highest BCUT2D eigenvalue weighted by Crippen LogP contribution is 2.16. The lowest BCUT2D eigenvalue weighted by Crippen LogP contribution is -2.55. The number of nitrogens with one attached hydrogen (secondary N) is 2. The first-order valence-corrected chi connectivity index (χ1v) is 8.98. The minimum atomic E-state index is -0.458. The smallest absolute Gasteiger partial charge is 0.321 e. The van der Waals surface area contributed by atoms with Crippen molar-refractivity contribution in [1.29, 1.82) is 0 Å². The maximum Gasteiger partial charge on any atom is 0.321 e. The summed E-state index contributed by atoms with van der Waals surface area (Å²) in [5.74, 6) is 0.303. The first kappa shape index (κ1) is 19.4. The third kappa shape index (κ3) is 5.54. The minimum absolute atomic E-state index is 0.253. The number of rotatable bonds is 5. The number of nitrogens with zero attached hydrogens (tertiary/aromatic N) is 2. The van der Waals surface area contributed by atoms with Crippen LogP contribution >= 0.6 is 0 Å². The molecule has 2 rings (SSSR count). The van der Waals surface area contributed by atoms with Crippen LogP contribution in [0.1, 0.15) is 37.8 Å². The van der Waals surface area contributed by atoms with E-state index in [0.29, 0.717) is 5.92 Å². The monoisotopic (exact) mass is 346 g/mol.